The van der Waals surface area contributed by atoms with Crippen molar-refractivity contribution in [3.63, 3.8) is 0 Å². The molecule has 0 atom stereocenters. The van der Waals surface area contributed by atoms with Gasteiger partial charge in [-0.15, -0.1) is 6.42 Å². The maximum Gasteiger partial charge on any atom is 0.124 e. The summed E-state index contributed by atoms with van der Waals surface area (Å²) in [5.74, 6) is 3.76. The molecule has 0 amide bonds. The molecule has 14 heavy (non-hydrogen) atoms. The molecule has 0 saturated heterocycles. The molecule has 0 heterocycles. The van der Waals surface area contributed by atoms with Gasteiger partial charge in [-0.2, -0.15) is 0 Å². The van der Waals surface area contributed by atoms with Crippen molar-refractivity contribution >= 4 is 15.9 Å². The van der Waals surface area contributed by atoms with E-state index in [1.165, 1.54) is 0 Å². The van der Waals surface area contributed by atoms with Crippen molar-refractivity contribution in [2.45, 2.75) is 18.3 Å². The van der Waals surface area contributed by atoms with Gasteiger partial charge in [-0.05, 0) is 25.0 Å². The molecule has 0 N–H and O–H groups in total. The monoisotopic (exact) mass is 250 g/mol. The lowest BCUT2D eigenvalue weighted by Gasteiger charge is -2.15. The first-order valence-electron chi connectivity index (χ1n) is 4.54. The lowest BCUT2D eigenvalue weighted by atomic mass is 9.96. The number of methoxy groups -OCH3 is 1. The Morgan fingerprint density at radius 3 is 2.71 bits per heavy atom. The number of rotatable bonds is 2. The van der Waals surface area contributed by atoms with Crippen LogP contribution in [0, 0.1) is 12.3 Å². The molecule has 1 nitrogen and oxygen atoms in total. The van der Waals surface area contributed by atoms with Crippen LogP contribution in [-0.2, 0) is 5.41 Å². The highest BCUT2D eigenvalue weighted by atomic mass is 79.9. The summed E-state index contributed by atoms with van der Waals surface area (Å²) < 4.78 is 6.38. The van der Waals surface area contributed by atoms with Crippen LogP contribution in [0.2, 0.25) is 0 Å². The molecule has 0 unspecified atom stereocenters. The topological polar surface area (TPSA) is 9.23 Å². The molecule has 72 valence electrons. The first-order chi connectivity index (χ1) is 6.73. The van der Waals surface area contributed by atoms with Crippen LogP contribution in [0.15, 0.2) is 22.7 Å². The molecule has 1 aliphatic carbocycles. The second-order valence-electron chi connectivity index (χ2n) is 3.54. The van der Waals surface area contributed by atoms with E-state index < -0.39 is 0 Å². The standard InChI is InChI=1S/C12H11BrO/c1-3-12(7-8-12)11-9(13)5-4-6-10(11)14-2/h1,4-6H,7-8H2,2H3. The quantitative estimate of drug-likeness (QED) is 0.734. The number of hydrogen-bond acceptors (Lipinski definition) is 1. The van der Waals surface area contributed by atoms with E-state index in [0.29, 0.717) is 0 Å². The molecule has 0 spiro atoms. The van der Waals surface area contributed by atoms with Crippen molar-refractivity contribution in [3.05, 3.63) is 28.2 Å². The molecule has 2 rings (SSSR count). The summed E-state index contributed by atoms with van der Waals surface area (Å²) in [5, 5.41) is 0. The fraction of sp³-hybridized carbons (Fsp3) is 0.333. The van der Waals surface area contributed by atoms with Crippen molar-refractivity contribution in [1.82, 2.24) is 0 Å². The van der Waals surface area contributed by atoms with Gasteiger partial charge in [0.1, 0.15) is 5.75 Å². The molecule has 0 radical (unpaired) electrons. The molecular formula is C12H11BrO. The predicted molar refractivity (Wildman–Crippen MR) is 60.4 cm³/mol. The van der Waals surface area contributed by atoms with E-state index in [9.17, 15) is 0 Å². The van der Waals surface area contributed by atoms with Crippen LogP contribution in [0.5, 0.6) is 5.75 Å². The van der Waals surface area contributed by atoms with E-state index in [1.807, 2.05) is 18.2 Å². The summed E-state index contributed by atoms with van der Waals surface area (Å²) in [5.41, 5.74) is 1.05. The summed E-state index contributed by atoms with van der Waals surface area (Å²) in [4.78, 5) is 0. The minimum Gasteiger partial charge on any atom is -0.496 e. The van der Waals surface area contributed by atoms with Crippen molar-refractivity contribution in [2.75, 3.05) is 7.11 Å². The molecule has 0 aromatic heterocycles. The summed E-state index contributed by atoms with van der Waals surface area (Å²) in [6.45, 7) is 0. The zero-order chi connectivity index (χ0) is 10.2. The average Bonchev–Trinajstić information content (AvgIpc) is 2.98. The maximum absolute atomic E-state index is 5.57. The number of benzene rings is 1. The summed E-state index contributed by atoms with van der Waals surface area (Å²) in [6, 6.07) is 5.92. The van der Waals surface area contributed by atoms with E-state index in [0.717, 1.165) is 28.6 Å². The van der Waals surface area contributed by atoms with Gasteiger partial charge in [0.05, 0.1) is 12.5 Å². The molecule has 1 saturated carbocycles. The molecule has 0 bridgehead atoms. The van der Waals surface area contributed by atoms with E-state index in [4.69, 9.17) is 11.2 Å². The Labute approximate surface area is 92.6 Å². The lowest BCUT2D eigenvalue weighted by Crippen LogP contribution is -2.06. The lowest BCUT2D eigenvalue weighted by molar-refractivity contribution is 0.407. The highest BCUT2D eigenvalue weighted by Gasteiger charge is 2.45. The largest absolute Gasteiger partial charge is 0.496 e. The fourth-order valence-corrected chi connectivity index (χ4v) is 2.46. The van der Waals surface area contributed by atoms with Crippen LogP contribution in [0.1, 0.15) is 18.4 Å². The first kappa shape index (κ1) is 9.61. The minimum atomic E-state index is -0.0779. The highest BCUT2D eigenvalue weighted by molar-refractivity contribution is 9.10. The first-order valence-corrected chi connectivity index (χ1v) is 5.33. The van der Waals surface area contributed by atoms with Crippen LogP contribution in [-0.4, -0.2) is 7.11 Å². The van der Waals surface area contributed by atoms with Gasteiger partial charge in [-0.25, -0.2) is 0 Å². The van der Waals surface area contributed by atoms with Gasteiger partial charge >= 0.3 is 0 Å². The molecular weight excluding hydrogens is 240 g/mol. The van der Waals surface area contributed by atoms with Gasteiger partial charge in [0.25, 0.3) is 0 Å². The van der Waals surface area contributed by atoms with Gasteiger partial charge < -0.3 is 4.74 Å². The predicted octanol–water partition coefficient (Wildman–Crippen LogP) is 3.12. The van der Waals surface area contributed by atoms with Crippen LogP contribution in [0.3, 0.4) is 0 Å². The number of halogens is 1. The van der Waals surface area contributed by atoms with Gasteiger partial charge in [0.2, 0.25) is 0 Å². The molecule has 2 heteroatoms. The third-order valence-corrected chi connectivity index (χ3v) is 3.36. The Hall–Kier alpha value is -0.940. The molecule has 1 fully saturated rings. The Morgan fingerprint density at radius 1 is 1.50 bits per heavy atom. The van der Waals surface area contributed by atoms with Gasteiger partial charge in [-0.1, -0.05) is 27.9 Å². The Bertz CT molecular complexity index is 399. The number of ether oxygens (including phenoxy) is 1. The highest BCUT2D eigenvalue weighted by Crippen LogP contribution is 2.53. The maximum atomic E-state index is 5.57. The van der Waals surface area contributed by atoms with Crippen molar-refractivity contribution in [3.8, 4) is 18.1 Å². The normalized spacial score (nSPS) is 17.2. The average molecular weight is 251 g/mol. The number of terminal acetylenes is 1. The third-order valence-electron chi connectivity index (χ3n) is 2.70. The smallest absolute Gasteiger partial charge is 0.124 e. The van der Waals surface area contributed by atoms with Gasteiger partial charge in [0.15, 0.2) is 0 Å². The van der Waals surface area contributed by atoms with Crippen molar-refractivity contribution in [1.29, 1.82) is 0 Å². The number of hydrogen-bond donors (Lipinski definition) is 0. The molecule has 1 aliphatic rings. The molecule has 0 aliphatic heterocycles. The summed E-state index contributed by atoms with van der Waals surface area (Å²) >= 11 is 3.53. The SMILES string of the molecule is C#CC1(c2c(Br)cccc2OC)CC1. The second kappa shape index (κ2) is 3.33. The molecule has 1 aromatic rings. The molecule has 1 aromatic carbocycles. The minimum absolute atomic E-state index is 0.0779. The summed E-state index contributed by atoms with van der Waals surface area (Å²) in [7, 11) is 1.68. The fourth-order valence-electron chi connectivity index (χ4n) is 1.73. The zero-order valence-electron chi connectivity index (χ0n) is 8.01. The Morgan fingerprint density at radius 2 is 2.21 bits per heavy atom. The Kier molecular flexibility index (Phi) is 2.28. The zero-order valence-corrected chi connectivity index (χ0v) is 9.60. The third kappa shape index (κ3) is 1.33. The van der Waals surface area contributed by atoms with Gasteiger partial charge in [0, 0.05) is 10.0 Å². The van der Waals surface area contributed by atoms with E-state index >= 15 is 0 Å². The van der Waals surface area contributed by atoms with E-state index in [-0.39, 0.29) is 5.41 Å². The summed E-state index contributed by atoms with van der Waals surface area (Å²) in [6.07, 6.45) is 7.68. The van der Waals surface area contributed by atoms with Crippen LogP contribution >= 0.6 is 15.9 Å². The van der Waals surface area contributed by atoms with Crippen LogP contribution in [0.4, 0.5) is 0 Å². The van der Waals surface area contributed by atoms with E-state index in [1.54, 1.807) is 7.11 Å². The van der Waals surface area contributed by atoms with Crippen LogP contribution < -0.4 is 4.74 Å². The Balaban J connectivity index is 2.57. The van der Waals surface area contributed by atoms with Crippen LogP contribution in [0.25, 0.3) is 0 Å². The second-order valence-corrected chi connectivity index (χ2v) is 4.40. The van der Waals surface area contributed by atoms with Gasteiger partial charge in [-0.3, -0.25) is 0 Å². The van der Waals surface area contributed by atoms with Crippen molar-refractivity contribution < 1.29 is 4.74 Å². The van der Waals surface area contributed by atoms with E-state index in [2.05, 4.69) is 21.9 Å². The van der Waals surface area contributed by atoms with Crippen molar-refractivity contribution in [2.24, 2.45) is 0 Å².